The van der Waals surface area contributed by atoms with Gasteiger partial charge in [-0.05, 0) is 6.42 Å². The summed E-state index contributed by atoms with van der Waals surface area (Å²) in [4.78, 5) is 0. The van der Waals surface area contributed by atoms with Crippen LogP contribution in [0.1, 0.15) is 6.42 Å². The van der Waals surface area contributed by atoms with Crippen LogP contribution >= 0.6 is 58.0 Å². The topological polar surface area (TPSA) is 9.23 Å². The number of hydrogen-bond donors (Lipinski definition) is 0. The van der Waals surface area contributed by atoms with Gasteiger partial charge in [0.15, 0.2) is 4.33 Å². The molecule has 1 rings (SSSR count). The molecule has 1 heterocycles. The summed E-state index contributed by atoms with van der Waals surface area (Å²) in [6.07, 6.45) is 0.537. The third kappa shape index (κ3) is 1.84. The van der Waals surface area contributed by atoms with E-state index in [0.717, 1.165) is 0 Å². The summed E-state index contributed by atoms with van der Waals surface area (Å²) in [5.74, 6) is 0. The van der Waals surface area contributed by atoms with Crippen LogP contribution < -0.4 is 0 Å². The molecule has 0 aromatic rings. The van der Waals surface area contributed by atoms with Crippen molar-refractivity contribution in [2.75, 3.05) is 6.61 Å². The van der Waals surface area contributed by atoms with Gasteiger partial charge in [-0.1, -0.05) is 46.4 Å². The van der Waals surface area contributed by atoms with Crippen molar-refractivity contribution in [2.24, 2.45) is 0 Å². The Morgan fingerprint density at radius 3 is 2.09 bits per heavy atom. The summed E-state index contributed by atoms with van der Waals surface area (Å²) in [5, 5.41) is -0.491. The molecule has 0 N–H and O–H groups in total. The third-order valence-corrected chi connectivity index (χ3v) is 4.47. The van der Waals surface area contributed by atoms with E-state index in [2.05, 4.69) is 0 Å². The van der Waals surface area contributed by atoms with Gasteiger partial charge >= 0.3 is 0 Å². The summed E-state index contributed by atoms with van der Waals surface area (Å²) in [6.45, 7) is 0.363. The van der Waals surface area contributed by atoms with Crippen LogP contribution in [0.3, 0.4) is 0 Å². The minimum absolute atomic E-state index is 0.363. The Hall–Kier alpha value is 1.41. The van der Waals surface area contributed by atoms with E-state index in [4.69, 9.17) is 62.7 Å². The highest BCUT2D eigenvalue weighted by atomic mass is 35.5. The Bertz CT molecular complexity index is 157. The molecular weight excluding hydrogens is 253 g/mol. The van der Waals surface area contributed by atoms with E-state index in [1.807, 2.05) is 0 Å². The first-order valence-electron chi connectivity index (χ1n) is 2.91. The van der Waals surface area contributed by atoms with E-state index < -0.39 is 14.2 Å². The molecule has 1 aliphatic rings. The van der Waals surface area contributed by atoms with Gasteiger partial charge in [0.1, 0.15) is 0 Å². The maximum absolute atomic E-state index is 5.78. The molecule has 0 aromatic carbocycles. The van der Waals surface area contributed by atoms with E-state index >= 15 is 0 Å². The van der Waals surface area contributed by atoms with Crippen LogP contribution in [0.5, 0.6) is 0 Å². The Kier molecular flexibility index (Phi) is 3.13. The van der Waals surface area contributed by atoms with Crippen molar-refractivity contribution < 1.29 is 4.74 Å². The molecule has 11 heavy (non-hydrogen) atoms. The third-order valence-electron chi connectivity index (χ3n) is 1.44. The van der Waals surface area contributed by atoms with Gasteiger partial charge in [-0.25, -0.2) is 0 Å². The fourth-order valence-corrected chi connectivity index (χ4v) is 1.85. The van der Waals surface area contributed by atoms with Gasteiger partial charge in [0.05, 0.1) is 12.0 Å². The highest BCUT2D eigenvalue weighted by Gasteiger charge is 2.55. The van der Waals surface area contributed by atoms with E-state index in [0.29, 0.717) is 13.0 Å². The Morgan fingerprint density at radius 1 is 1.18 bits per heavy atom. The van der Waals surface area contributed by atoms with Crippen LogP contribution in [0.25, 0.3) is 0 Å². The summed E-state index contributed by atoms with van der Waals surface area (Å²) >= 11 is 28.6. The van der Waals surface area contributed by atoms with E-state index in [9.17, 15) is 0 Å². The number of ether oxygens (including phenoxy) is 1. The molecule has 1 unspecified atom stereocenters. The molecule has 6 heteroatoms. The molecule has 0 bridgehead atoms. The lowest BCUT2D eigenvalue weighted by Gasteiger charge is -2.39. The van der Waals surface area contributed by atoms with Gasteiger partial charge in [0.25, 0.3) is 4.52 Å². The minimum Gasteiger partial charge on any atom is -0.344 e. The van der Waals surface area contributed by atoms with Crippen LogP contribution in [0, 0.1) is 0 Å². The van der Waals surface area contributed by atoms with Crippen molar-refractivity contribution >= 4 is 58.0 Å². The number of hydrogen-bond acceptors (Lipinski definition) is 1. The first kappa shape index (κ1) is 10.5. The SMILES string of the molecule is ClC1CCOC(Cl)(Cl)C1(Cl)Cl. The van der Waals surface area contributed by atoms with Crippen molar-refractivity contribution in [3.63, 3.8) is 0 Å². The molecule has 66 valence electrons. The fraction of sp³-hybridized carbons (Fsp3) is 1.00. The highest BCUT2D eigenvalue weighted by molar-refractivity contribution is 6.63. The fourth-order valence-electron chi connectivity index (χ4n) is 0.750. The van der Waals surface area contributed by atoms with Crippen LogP contribution in [-0.4, -0.2) is 20.8 Å². The lowest BCUT2D eigenvalue weighted by atomic mass is 10.2. The summed E-state index contributed by atoms with van der Waals surface area (Å²) in [6, 6.07) is 0. The predicted octanol–water partition coefficient (Wildman–Crippen LogP) is 3.32. The molecule has 0 aromatic heterocycles. The quantitative estimate of drug-likeness (QED) is 0.606. The molecule has 1 fully saturated rings. The summed E-state index contributed by atoms with van der Waals surface area (Å²) < 4.78 is 1.87. The van der Waals surface area contributed by atoms with Crippen LogP contribution in [0.2, 0.25) is 0 Å². The zero-order valence-electron chi connectivity index (χ0n) is 5.29. The first-order valence-corrected chi connectivity index (χ1v) is 4.86. The Balaban J connectivity index is 2.82. The van der Waals surface area contributed by atoms with E-state index in [1.165, 1.54) is 0 Å². The van der Waals surface area contributed by atoms with Crippen molar-refractivity contribution in [2.45, 2.75) is 20.7 Å². The molecule has 1 aliphatic heterocycles. The number of halogens is 5. The lowest BCUT2D eigenvalue weighted by Crippen LogP contribution is -2.50. The molecule has 0 radical (unpaired) electrons. The van der Waals surface area contributed by atoms with Crippen LogP contribution in [0.4, 0.5) is 0 Å². The highest BCUT2D eigenvalue weighted by Crippen LogP contribution is 2.51. The number of alkyl halides is 5. The molecule has 1 saturated heterocycles. The predicted molar refractivity (Wildman–Crippen MR) is 49.1 cm³/mol. The van der Waals surface area contributed by atoms with Gasteiger partial charge < -0.3 is 4.74 Å². The second kappa shape index (κ2) is 3.28. The standard InChI is InChI=1S/C5H5Cl5O/c6-3-1-2-11-5(9,10)4(3,7)8/h3H,1-2H2. The van der Waals surface area contributed by atoms with Gasteiger partial charge in [-0.2, -0.15) is 0 Å². The van der Waals surface area contributed by atoms with Crippen molar-refractivity contribution in [3.05, 3.63) is 0 Å². The van der Waals surface area contributed by atoms with Gasteiger partial charge in [0.2, 0.25) is 0 Å². The zero-order chi connectivity index (χ0) is 8.70. The average molecular weight is 258 g/mol. The number of rotatable bonds is 0. The van der Waals surface area contributed by atoms with Crippen LogP contribution in [-0.2, 0) is 4.74 Å². The molecular formula is C5H5Cl5O. The van der Waals surface area contributed by atoms with Gasteiger partial charge in [-0.3, -0.25) is 0 Å². The molecule has 0 saturated carbocycles. The molecule has 0 spiro atoms. The smallest absolute Gasteiger partial charge is 0.252 e. The minimum atomic E-state index is -1.61. The maximum atomic E-state index is 5.78. The average Bonchev–Trinajstić information content (AvgIpc) is 1.84. The maximum Gasteiger partial charge on any atom is 0.252 e. The molecule has 0 aliphatic carbocycles. The second-order valence-corrected chi connectivity index (χ2v) is 5.42. The Morgan fingerprint density at radius 2 is 1.73 bits per heavy atom. The monoisotopic (exact) mass is 256 g/mol. The summed E-state index contributed by atoms with van der Waals surface area (Å²) in [5.41, 5.74) is 0. The van der Waals surface area contributed by atoms with Crippen molar-refractivity contribution in [1.29, 1.82) is 0 Å². The van der Waals surface area contributed by atoms with Gasteiger partial charge in [0, 0.05) is 0 Å². The largest absolute Gasteiger partial charge is 0.344 e. The lowest BCUT2D eigenvalue weighted by molar-refractivity contribution is 0.0340. The Labute approximate surface area is 89.8 Å². The zero-order valence-corrected chi connectivity index (χ0v) is 9.07. The summed E-state index contributed by atoms with van der Waals surface area (Å²) in [7, 11) is 0. The molecule has 1 nitrogen and oxygen atoms in total. The normalized spacial score (nSPS) is 35.2. The molecule has 1 atom stereocenters. The van der Waals surface area contributed by atoms with E-state index in [-0.39, 0.29) is 0 Å². The first-order chi connectivity index (χ1) is 4.88. The van der Waals surface area contributed by atoms with Crippen molar-refractivity contribution in [1.82, 2.24) is 0 Å². The van der Waals surface area contributed by atoms with Crippen molar-refractivity contribution in [3.8, 4) is 0 Å². The van der Waals surface area contributed by atoms with Crippen LogP contribution in [0.15, 0.2) is 0 Å². The van der Waals surface area contributed by atoms with E-state index in [1.54, 1.807) is 0 Å². The molecule has 0 amide bonds. The second-order valence-electron chi connectivity index (χ2n) is 2.24. The van der Waals surface area contributed by atoms with Gasteiger partial charge in [-0.15, -0.1) is 11.6 Å².